The van der Waals surface area contributed by atoms with Crippen molar-refractivity contribution >= 4 is 15.2 Å². The van der Waals surface area contributed by atoms with E-state index in [2.05, 4.69) is 0 Å². The maximum atomic E-state index is 11.5. The molecule has 0 spiro atoms. The minimum atomic E-state index is -4.20. The zero-order valence-corrected chi connectivity index (χ0v) is 11.4. The molecule has 1 saturated heterocycles. The second-order valence-electron chi connectivity index (χ2n) is 4.30. The Hall–Kier alpha value is 0.300. The zero-order valence-electron chi connectivity index (χ0n) is 9.62. The normalized spacial score (nSPS) is 38.3. The Balaban J connectivity index is 2.90. The summed E-state index contributed by atoms with van der Waals surface area (Å²) in [6.07, 6.45) is 0.499. The highest BCUT2D eigenvalue weighted by atomic mass is 31.2. The first-order chi connectivity index (χ1) is 7.13. The first kappa shape index (κ1) is 14.4. The van der Waals surface area contributed by atoms with Crippen LogP contribution in [0.3, 0.4) is 0 Å². The predicted molar refractivity (Wildman–Crippen MR) is 59.7 cm³/mol. The van der Waals surface area contributed by atoms with Gasteiger partial charge in [0.05, 0.1) is 18.9 Å². The molecule has 6 nitrogen and oxygen atoms in total. The van der Waals surface area contributed by atoms with E-state index in [1.165, 1.54) is 13.6 Å². The molecule has 1 heterocycles. The smallest absolute Gasteiger partial charge is 0.324 e. The highest BCUT2D eigenvalue weighted by Crippen LogP contribution is 2.58. The van der Waals surface area contributed by atoms with Gasteiger partial charge in [-0.3, -0.25) is 9.13 Å². The molecular weight excluding hydrogens is 254 g/mol. The Morgan fingerprint density at radius 2 is 1.88 bits per heavy atom. The maximum absolute atomic E-state index is 11.5. The monoisotopic (exact) mass is 272 g/mol. The van der Waals surface area contributed by atoms with Gasteiger partial charge in [0.15, 0.2) is 0 Å². The predicted octanol–water partition coefficient (Wildman–Crippen LogP) is 1.82. The van der Waals surface area contributed by atoms with Crippen molar-refractivity contribution in [3.63, 3.8) is 0 Å². The van der Waals surface area contributed by atoms with Gasteiger partial charge in [0.1, 0.15) is 0 Å². The van der Waals surface area contributed by atoms with Gasteiger partial charge in [0.25, 0.3) is 0 Å². The minimum absolute atomic E-state index is 0.0591. The largest absolute Gasteiger partial charge is 0.329 e. The summed E-state index contributed by atoms with van der Waals surface area (Å²) >= 11 is 0. The summed E-state index contributed by atoms with van der Waals surface area (Å²) in [5, 5.41) is 0. The van der Waals surface area contributed by atoms with Crippen molar-refractivity contribution in [3.8, 4) is 0 Å². The van der Waals surface area contributed by atoms with Crippen molar-refractivity contribution in [3.05, 3.63) is 0 Å². The molecule has 1 aliphatic rings. The van der Waals surface area contributed by atoms with Crippen LogP contribution in [0.2, 0.25) is 0 Å². The van der Waals surface area contributed by atoms with E-state index >= 15 is 0 Å². The fourth-order valence-corrected chi connectivity index (χ4v) is 3.77. The Morgan fingerprint density at radius 1 is 1.44 bits per heavy atom. The van der Waals surface area contributed by atoms with E-state index in [9.17, 15) is 18.9 Å². The molecule has 1 unspecified atom stereocenters. The van der Waals surface area contributed by atoms with E-state index in [1.807, 2.05) is 6.92 Å². The molecule has 1 fully saturated rings. The number of hydrogen-bond acceptors (Lipinski definition) is 4. The van der Waals surface area contributed by atoms with Crippen LogP contribution in [0.1, 0.15) is 20.3 Å². The summed E-state index contributed by atoms with van der Waals surface area (Å²) in [4.78, 5) is 18.4. The summed E-state index contributed by atoms with van der Waals surface area (Å²) in [5.74, 6) is 0. The molecule has 0 radical (unpaired) electrons. The van der Waals surface area contributed by atoms with Crippen LogP contribution < -0.4 is 0 Å². The van der Waals surface area contributed by atoms with Crippen LogP contribution in [0.4, 0.5) is 0 Å². The first-order valence-corrected chi connectivity index (χ1v) is 8.72. The Morgan fingerprint density at radius 3 is 2.19 bits per heavy atom. The molecule has 16 heavy (non-hydrogen) atoms. The van der Waals surface area contributed by atoms with Crippen molar-refractivity contribution in [2.75, 3.05) is 19.9 Å². The van der Waals surface area contributed by atoms with Crippen molar-refractivity contribution in [1.82, 2.24) is 0 Å². The van der Waals surface area contributed by atoms with Crippen LogP contribution in [-0.2, 0) is 18.2 Å². The summed E-state index contributed by atoms with van der Waals surface area (Å²) in [5.41, 5.74) is -1.63. The molecule has 0 aromatic rings. The van der Waals surface area contributed by atoms with Gasteiger partial charge in [0, 0.05) is 12.1 Å². The molecule has 1 atom stereocenters. The third kappa shape index (κ3) is 2.95. The van der Waals surface area contributed by atoms with Crippen molar-refractivity contribution in [2.45, 2.75) is 25.9 Å². The van der Waals surface area contributed by atoms with Crippen LogP contribution >= 0.6 is 15.2 Å². The molecule has 0 aliphatic carbocycles. The van der Waals surface area contributed by atoms with Crippen LogP contribution in [-0.4, -0.2) is 35.3 Å². The van der Waals surface area contributed by atoms with Crippen LogP contribution in [0.25, 0.3) is 0 Å². The van der Waals surface area contributed by atoms with E-state index in [0.717, 1.165) is 0 Å². The maximum Gasteiger partial charge on any atom is 0.329 e. The molecule has 2 N–H and O–H groups in total. The van der Waals surface area contributed by atoms with Gasteiger partial charge < -0.3 is 18.8 Å². The third-order valence-electron chi connectivity index (χ3n) is 3.27. The minimum Gasteiger partial charge on any atom is -0.324 e. The van der Waals surface area contributed by atoms with Crippen LogP contribution in [0, 0.1) is 5.41 Å². The van der Waals surface area contributed by atoms with Gasteiger partial charge in [-0.1, -0.05) is 13.8 Å². The van der Waals surface area contributed by atoms with Gasteiger partial charge >= 0.3 is 15.2 Å². The Bertz CT molecular complexity index is 336. The second kappa shape index (κ2) is 4.52. The molecular formula is C8H18O6P2. The summed E-state index contributed by atoms with van der Waals surface area (Å²) in [6, 6.07) is 0. The molecule has 0 aromatic heterocycles. The highest BCUT2D eigenvalue weighted by Gasteiger charge is 2.48. The molecule has 1 aliphatic heterocycles. The van der Waals surface area contributed by atoms with Gasteiger partial charge in [-0.05, 0) is 6.42 Å². The zero-order chi connectivity index (χ0) is 12.6. The van der Waals surface area contributed by atoms with Crippen LogP contribution in [0.5, 0.6) is 0 Å². The van der Waals surface area contributed by atoms with Gasteiger partial charge in [-0.15, -0.1) is 0 Å². The third-order valence-corrected chi connectivity index (χ3v) is 6.02. The van der Waals surface area contributed by atoms with Gasteiger partial charge in [0.2, 0.25) is 0 Å². The van der Waals surface area contributed by atoms with Crippen molar-refractivity contribution < 1.29 is 28.0 Å². The first-order valence-electron chi connectivity index (χ1n) is 5.05. The van der Waals surface area contributed by atoms with E-state index in [0.29, 0.717) is 6.42 Å². The fourth-order valence-electron chi connectivity index (χ4n) is 1.67. The Kier molecular flexibility index (Phi) is 4.06. The summed E-state index contributed by atoms with van der Waals surface area (Å²) in [6.45, 7) is 4.76. The number of rotatable bonds is 3. The standard InChI is InChI=1S/C8H18O6P2/c1-4-8(7(2)16(10,11)12)5-13-15(3,9)14-6-8/h7H,4-6H2,1-3H3,(H2,10,11,12). The van der Waals surface area contributed by atoms with Gasteiger partial charge in [-0.2, -0.15) is 0 Å². The van der Waals surface area contributed by atoms with Crippen molar-refractivity contribution in [2.24, 2.45) is 5.41 Å². The number of hydrogen-bond donors (Lipinski definition) is 2. The molecule has 96 valence electrons. The molecule has 0 aromatic carbocycles. The molecule has 0 amide bonds. The molecule has 0 saturated carbocycles. The molecule has 0 bridgehead atoms. The van der Waals surface area contributed by atoms with Gasteiger partial charge in [-0.25, -0.2) is 0 Å². The summed E-state index contributed by atoms with van der Waals surface area (Å²) < 4.78 is 32.9. The summed E-state index contributed by atoms with van der Waals surface area (Å²) in [7, 11) is -7.22. The van der Waals surface area contributed by atoms with E-state index in [-0.39, 0.29) is 13.2 Å². The van der Waals surface area contributed by atoms with Crippen molar-refractivity contribution in [1.29, 1.82) is 0 Å². The van der Waals surface area contributed by atoms with E-state index in [4.69, 9.17) is 9.05 Å². The van der Waals surface area contributed by atoms with Crippen LogP contribution in [0.15, 0.2) is 0 Å². The highest BCUT2D eigenvalue weighted by molar-refractivity contribution is 7.53. The topological polar surface area (TPSA) is 93.1 Å². The average molecular weight is 272 g/mol. The lowest BCUT2D eigenvalue weighted by Gasteiger charge is -2.42. The fraction of sp³-hybridized carbons (Fsp3) is 1.00. The Labute approximate surface area is 95.0 Å². The lowest BCUT2D eigenvalue weighted by molar-refractivity contribution is 0.0115. The SMILES string of the molecule is CCC1(C(C)P(=O)(O)O)COP(C)(=O)OC1. The lowest BCUT2D eigenvalue weighted by atomic mass is 9.84. The second-order valence-corrected chi connectivity index (χ2v) is 8.31. The van der Waals surface area contributed by atoms with E-state index in [1.54, 1.807) is 0 Å². The quantitative estimate of drug-likeness (QED) is 0.761. The molecule has 8 heteroatoms. The van der Waals surface area contributed by atoms with E-state index < -0.39 is 26.3 Å². The lowest BCUT2D eigenvalue weighted by Crippen LogP contribution is -2.43. The average Bonchev–Trinajstić information content (AvgIpc) is 2.17. The molecule has 1 rings (SSSR count).